The summed E-state index contributed by atoms with van der Waals surface area (Å²) in [4.78, 5) is 39.2. The van der Waals surface area contributed by atoms with Crippen LogP contribution in [0.4, 0.5) is 10.5 Å². The highest BCUT2D eigenvalue weighted by molar-refractivity contribution is 5.79. The number of likely N-dealkylation sites (tertiary alicyclic amines) is 1. The molecule has 0 spiro atoms. The minimum Gasteiger partial charge on any atom is -0.375 e. The van der Waals surface area contributed by atoms with Gasteiger partial charge in [-0.25, -0.2) is 10.3 Å². The number of methoxy groups -OCH3 is 1. The third-order valence-corrected chi connectivity index (χ3v) is 6.03. The van der Waals surface area contributed by atoms with Crippen LogP contribution in [0.2, 0.25) is 0 Å². The molecule has 0 aliphatic carbocycles. The fourth-order valence-electron chi connectivity index (χ4n) is 4.16. The van der Waals surface area contributed by atoms with Crippen LogP contribution in [0.5, 0.6) is 0 Å². The van der Waals surface area contributed by atoms with Crippen molar-refractivity contribution >= 4 is 23.9 Å². The number of hydrogen-bond acceptors (Lipinski definition) is 8. The molecule has 1 aromatic rings. The minimum absolute atomic E-state index is 0.0846. The van der Waals surface area contributed by atoms with E-state index >= 15 is 0 Å². The Morgan fingerprint density at radius 1 is 1.35 bits per heavy atom. The lowest BCUT2D eigenvalue weighted by Crippen LogP contribution is -2.58. The Kier molecular flexibility index (Phi) is 10.7. The number of nitrogens with one attached hydrogen (secondary N) is 2. The molecule has 186 valence electrons. The number of ether oxygens (including phenoxy) is 1. The van der Waals surface area contributed by atoms with Gasteiger partial charge in [-0.3, -0.25) is 10.0 Å². The van der Waals surface area contributed by atoms with Crippen molar-refractivity contribution in [1.29, 1.82) is 5.26 Å². The average molecular weight is 475 g/mol. The Labute approximate surface area is 200 Å². The fourth-order valence-corrected chi connectivity index (χ4v) is 4.16. The van der Waals surface area contributed by atoms with Crippen LogP contribution in [0.1, 0.15) is 24.0 Å². The van der Waals surface area contributed by atoms with Crippen LogP contribution in [-0.2, 0) is 14.3 Å². The average Bonchev–Trinajstić information content (AvgIpc) is 2.88. The van der Waals surface area contributed by atoms with Gasteiger partial charge in [0, 0.05) is 58.5 Å². The molecule has 0 aromatic heterocycles. The van der Waals surface area contributed by atoms with Gasteiger partial charge in [0.25, 0.3) is 0 Å². The molecule has 0 radical (unpaired) electrons. The quantitative estimate of drug-likeness (QED) is 0.322. The monoisotopic (exact) mass is 474 g/mol. The molecule has 3 rings (SSSR count). The van der Waals surface area contributed by atoms with Gasteiger partial charge in [-0.15, -0.1) is 0 Å². The lowest BCUT2D eigenvalue weighted by Gasteiger charge is -2.42. The van der Waals surface area contributed by atoms with E-state index in [4.69, 9.17) is 15.2 Å². The van der Waals surface area contributed by atoms with E-state index in [9.17, 15) is 14.4 Å². The number of benzene rings is 1. The number of rotatable bonds is 5. The first-order chi connectivity index (χ1) is 16.4. The van der Waals surface area contributed by atoms with Crippen LogP contribution in [0.15, 0.2) is 18.2 Å². The van der Waals surface area contributed by atoms with Crippen molar-refractivity contribution in [3.8, 4) is 6.07 Å². The van der Waals surface area contributed by atoms with Crippen molar-refractivity contribution in [2.75, 3.05) is 58.4 Å². The van der Waals surface area contributed by atoms with Gasteiger partial charge in [0.1, 0.15) is 19.1 Å². The zero-order valence-corrected chi connectivity index (χ0v) is 20.0. The molecule has 11 heteroatoms. The number of piperidine rings is 1. The van der Waals surface area contributed by atoms with Crippen molar-refractivity contribution < 1.29 is 24.3 Å². The van der Waals surface area contributed by atoms with Gasteiger partial charge in [0.15, 0.2) is 0 Å². The Morgan fingerprint density at radius 3 is 2.62 bits per heavy atom. The molecule has 3 amide bonds. The minimum atomic E-state index is -0.728. The number of carbonyl (C=O) groups excluding carboxylic acids is 3. The standard InChI is InChI=1S/C12H15N3.C11H19N3O5/c1-10-8-11(9-13)2-3-12(10)15-6-4-14-5-7-15;1-13(10(16)7-19-2)9-4-3-8(6-15)5-14(9)11(17)12-18/h2-3,8,14H,4-7H2,1H3;6,8-9,18H,3-5,7H2,1-2H3,(H,12,17)/t;8-,9-/m.0/s1. The number of aldehydes is 1. The zero-order chi connectivity index (χ0) is 25.1. The number of hydrogen-bond donors (Lipinski definition) is 3. The molecule has 2 saturated heterocycles. The number of carbonyl (C=O) groups is 3. The molecule has 2 aliphatic heterocycles. The van der Waals surface area contributed by atoms with Crippen molar-refractivity contribution in [1.82, 2.24) is 20.6 Å². The van der Waals surface area contributed by atoms with Gasteiger partial charge < -0.3 is 29.5 Å². The van der Waals surface area contributed by atoms with E-state index in [-0.39, 0.29) is 25.0 Å². The highest BCUT2D eigenvalue weighted by Gasteiger charge is 2.35. The highest BCUT2D eigenvalue weighted by Crippen LogP contribution is 2.23. The number of hydroxylamine groups is 1. The summed E-state index contributed by atoms with van der Waals surface area (Å²) in [6.07, 6.45) is 1.35. The van der Waals surface area contributed by atoms with Crippen LogP contribution in [0.3, 0.4) is 0 Å². The van der Waals surface area contributed by atoms with Crippen molar-refractivity contribution in [3.05, 3.63) is 29.3 Å². The van der Waals surface area contributed by atoms with Gasteiger partial charge in [-0.05, 0) is 43.5 Å². The molecule has 1 aromatic carbocycles. The van der Waals surface area contributed by atoms with Crippen LogP contribution < -0.4 is 15.7 Å². The van der Waals surface area contributed by atoms with E-state index < -0.39 is 12.2 Å². The molecule has 2 heterocycles. The Balaban J connectivity index is 0.000000246. The summed E-state index contributed by atoms with van der Waals surface area (Å²) >= 11 is 0. The molecular weight excluding hydrogens is 440 g/mol. The number of amides is 3. The molecular formula is C23H34N6O5. The molecule has 11 nitrogen and oxygen atoms in total. The Bertz CT molecular complexity index is 883. The van der Waals surface area contributed by atoms with Crippen LogP contribution >= 0.6 is 0 Å². The number of likely N-dealkylation sites (N-methyl/N-ethyl adjacent to an activating group) is 1. The number of nitriles is 1. The van der Waals surface area contributed by atoms with Gasteiger partial charge in [-0.1, -0.05) is 0 Å². The van der Waals surface area contributed by atoms with E-state index in [1.54, 1.807) is 7.05 Å². The summed E-state index contributed by atoms with van der Waals surface area (Å²) in [6, 6.07) is 7.34. The third kappa shape index (κ3) is 7.15. The Hall–Kier alpha value is -3.20. The number of nitrogens with zero attached hydrogens (tertiary/aromatic N) is 4. The lowest BCUT2D eigenvalue weighted by molar-refractivity contribution is -0.140. The van der Waals surface area contributed by atoms with Gasteiger partial charge >= 0.3 is 6.03 Å². The molecule has 2 atom stereocenters. The summed E-state index contributed by atoms with van der Waals surface area (Å²) in [5.41, 5.74) is 4.73. The van der Waals surface area contributed by atoms with Crippen LogP contribution in [-0.4, -0.2) is 92.9 Å². The van der Waals surface area contributed by atoms with Crippen molar-refractivity contribution in [2.24, 2.45) is 5.92 Å². The summed E-state index contributed by atoms with van der Waals surface area (Å²) in [7, 11) is 2.97. The SMILES string of the molecule is COCC(=O)N(C)[C@@H]1CC[C@H](C=O)CN1C(=O)NO.Cc1cc(C#N)ccc1N1CCNCC1. The first-order valence-corrected chi connectivity index (χ1v) is 11.2. The van der Waals surface area contributed by atoms with Gasteiger partial charge in [0.2, 0.25) is 5.91 Å². The maximum Gasteiger partial charge on any atom is 0.342 e. The Morgan fingerprint density at radius 2 is 2.06 bits per heavy atom. The first-order valence-electron chi connectivity index (χ1n) is 11.2. The molecule has 3 N–H and O–H groups in total. The highest BCUT2D eigenvalue weighted by atomic mass is 16.5. The second-order valence-corrected chi connectivity index (χ2v) is 8.31. The van der Waals surface area contributed by atoms with E-state index in [0.29, 0.717) is 12.8 Å². The van der Waals surface area contributed by atoms with Crippen molar-refractivity contribution in [2.45, 2.75) is 25.9 Å². The van der Waals surface area contributed by atoms with E-state index in [1.807, 2.05) is 12.1 Å². The summed E-state index contributed by atoms with van der Waals surface area (Å²) in [5, 5.41) is 20.9. The van der Waals surface area contributed by atoms with E-state index in [0.717, 1.165) is 38.0 Å². The first kappa shape index (κ1) is 27.0. The largest absolute Gasteiger partial charge is 0.375 e. The predicted octanol–water partition coefficient (Wildman–Crippen LogP) is 0.703. The van der Waals surface area contributed by atoms with Gasteiger partial charge in [0.05, 0.1) is 11.6 Å². The topological polar surface area (TPSA) is 138 Å². The molecule has 34 heavy (non-hydrogen) atoms. The molecule has 0 bridgehead atoms. The number of anilines is 1. The number of aryl methyl sites for hydroxylation is 1. The normalized spacial score (nSPS) is 19.9. The van der Waals surface area contributed by atoms with Crippen molar-refractivity contribution in [3.63, 3.8) is 0 Å². The number of piperazine rings is 1. The summed E-state index contributed by atoms with van der Waals surface area (Å²) in [5.74, 6) is -0.549. The smallest absolute Gasteiger partial charge is 0.342 e. The van der Waals surface area contributed by atoms with E-state index in [2.05, 4.69) is 29.3 Å². The molecule has 2 aliphatic rings. The fraction of sp³-hybridized carbons (Fsp3) is 0.565. The predicted molar refractivity (Wildman–Crippen MR) is 125 cm³/mol. The molecule has 2 fully saturated rings. The second kappa shape index (κ2) is 13.5. The molecule has 0 saturated carbocycles. The number of urea groups is 1. The molecule has 0 unspecified atom stereocenters. The second-order valence-electron chi connectivity index (χ2n) is 8.31. The zero-order valence-electron chi connectivity index (χ0n) is 20.0. The van der Waals surface area contributed by atoms with E-state index in [1.165, 1.54) is 33.6 Å². The third-order valence-electron chi connectivity index (χ3n) is 6.03. The lowest BCUT2D eigenvalue weighted by atomic mass is 9.97. The summed E-state index contributed by atoms with van der Waals surface area (Å²) in [6.45, 7) is 6.33. The van der Waals surface area contributed by atoms with Gasteiger partial charge in [-0.2, -0.15) is 5.26 Å². The van der Waals surface area contributed by atoms with Crippen LogP contribution in [0.25, 0.3) is 0 Å². The van der Waals surface area contributed by atoms with Crippen LogP contribution in [0, 0.1) is 24.2 Å². The summed E-state index contributed by atoms with van der Waals surface area (Å²) < 4.78 is 4.76. The maximum atomic E-state index is 11.8. The maximum absolute atomic E-state index is 11.8.